The number of carbonyl (C=O) groups excluding carboxylic acids is 1. The third kappa shape index (κ3) is 3.10. The summed E-state index contributed by atoms with van der Waals surface area (Å²) in [5.41, 5.74) is 4.47. The van der Waals surface area contributed by atoms with Crippen LogP contribution < -0.4 is 9.64 Å². The van der Waals surface area contributed by atoms with Crippen molar-refractivity contribution in [1.82, 2.24) is 4.98 Å². The second-order valence-corrected chi connectivity index (χ2v) is 11.5. The number of para-hydroxylation sites is 1. The first-order chi connectivity index (χ1) is 14.4. The van der Waals surface area contributed by atoms with Gasteiger partial charge in [-0.05, 0) is 44.5 Å². The summed E-state index contributed by atoms with van der Waals surface area (Å²) in [7, 11) is 3.25. The molecule has 152 valence electrons. The first-order valence-corrected chi connectivity index (χ1v) is 12.8. The number of rotatable bonds is 3. The van der Waals surface area contributed by atoms with E-state index in [4.69, 9.17) is 17.0 Å². The van der Waals surface area contributed by atoms with Gasteiger partial charge in [-0.1, -0.05) is 68.5 Å². The zero-order chi connectivity index (χ0) is 21.0. The molecule has 0 bridgehead atoms. The molecule has 0 radical (unpaired) electrons. The maximum absolute atomic E-state index is 13.5. The second kappa shape index (κ2) is 7.23. The zero-order valence-corrected chi connectivity index (χ0v) is 19.9. The number of thiazole rings is 1. The summed E-state index contributed by atoms with van der Waals surface area (Å²) in [6, 6.07) is 14.1. The average molecular weight is 471 g/mol. The number of hydrogen-bond donors (Lipinski definition) is 0. The van der Waals surface area contributed by atoms with E-state index < -0.39 is 5.54 Å². The zero-order valence-electron chi connectivity index (χ0n) is 16.6. The highest BCUT2D eigenvalue weighted by Gasteiger charge is 2.43. The van der Waals surface area contributed by atoms with Gasteiger partial charge in [-0.2, -0.15) is 0 Å². The van der Waals surface area contributed by atoms with Crippen LogP contribution in [0.25, 0.3) is 21.3 Å². The topological polar surface area (TPSA) is 42.4 Å². The van der Waals surface area contributed by atoms with Gasteiger partial charge in [0, 0.05) is 11.1 Å². The molecule has 2 aromatic carbocycles. The van der Waals surface area contributed by atoms with Crippen molar-refractivity contribution in [1.29, 1.82) is 0 Å². The first-order valence-electron chi connectivity index (χ1n) is 9.42. The standard InChI is InChI=1S/C22H18N2O2S4/c1-12-8-9-13-15(10-12)24(22(2,3)19-18(13)20(27)30-29-19)17(25)11-26-21-23-14-6-4-5-7-16(14)28-21/h4-10H,11H2,1-3H3. The van der Waals surface area contributed by atoms with E-state index >= 15 is 0 Å². The predicted octanol–water partition coefficient (Wildman–Crippen LogP) is 6.78. The molecular weight excluding hydrogens is 453 g/mol. The van der Waals surface area contributed by atoms with Crippen molar-refractivity contribution >= 4 is 66.0 Å². The minimum Gasteiger partial charge on any atom is -0.460 e. The van der Waals surface area contributed by atoms with E-state index in [0.717, 1.165) is 41.3 Å². The van der Waals surface area contributed by atoms with Crippen LogP contribution in [0.1, 0.15) is 24.3 Å². The Kier molecular flexibility index (Phi) is 4.77. The molecule has 0 N–H and O–H groups in total. The molecule has 0 spiro atoms. The molecule has 0 unspecified atom stereocenters. The Morgan fingerprint density at radius 2 is 2.00 bits per heavy atom. The van der Waals surface area contributed by atoms with Crippen LogP contribution in [0.5, 0.6) is 5.19 Å². The number of aryl methyl sites for hydroxylation is 1. The molecule has 0 saturated heterocycles. The van der Waals surface area contributed by atoms with E-state index in [1.807, 2.05) is 36.1 Å². The lowest BCUT2D eigenvalue weighted by atomic mass is 9.87. The van der Waals surface area contributed by atoms with Gasteiger partial charge in [0.1, 0.15) is 3.82 Å². The Morgan fingerprint density at radius 3 is 2.80 bits per heavy atom. The van der Waals surface area contributed by atoms with Crippen molar-refractivity contribution in [3.05, 3.63) is 56.7 Å². The lowest BCUT2D eigenvalue weighted by Crippen LogP contribution is -2.49. The van der Waals surface area contributed by atoms with Crippen LogP contribution in [0.2, 0.25) is 0 Å². The molecule has 1 aliphatic heterocycles. The Labute approximate surface area is 190 Å². The Balaban J connectivity index is 1.51. The van der Waals surface area contributed by atoms with E-state index in [1.54, 1.807) is 20.7 Å². The van der Waals surface area contributed by atoms with Gasteiger partial charge in [-0.3, -0.25) is 9.69 Å². The van der Waals surface area contributed by atoms with Gasteiger partial charge in [0.05, 0.1) is 26.3 Å². The van der Waals surface area contributed by atoms with Crippen LogP contribution in [0.15, 0.2) is 42.5 Å². The van der Waals surface area contributed by atoms with Crippen molar-refractivity contribution in [3.8, 4) is 16.3 Å². The molecule has 0 atom stereocenters. The number of benzene rings is 2. The Bertz CT molecular complexity index is 1320. The monoisotopic (exact) mass is 470 g/mol. The number of amides is 1. The van der Waals surface area contributed by atoms with Crippen molar-refractivity contribution in [3.63, 3.8) is 0 Å². The fourth-order valence-corrected chi connectivity index (χ4v) is 7.98. The van der Waals surface area contributed by atoms with Crippen molar-refractivity contribution in [2.75, 3.05) is 11.5 Å². The summed E-state index contributed by atoms with van der Waals surface area (Å²) in [5, 5.41) is 0.510. The quantitative estimate of drug-likeness (QED) is 0.244. The van der Waals surface area contributed by atoms with Gasteiger partial charge in [-0.15, -0.1) is 0 Å². The lowest BCUT2D eigenvalue weighted by Gasteiger charge is -2.42. The number of nitrogens with zero attached hydrogens (tertiary/aromatic N) is 2. The summed E-state index contributed by atoms with van der Waals surface area (Å²) in [6.45, 7) is 6.12. The SMILES string of the molecule is Cc1ccc2c(c1)N(C(=O)COc1nc3ccccc3s1)C(C)(C)c1ssc(=S)c1-2. The largest absolute Gasteiger partial charge is 0.460 e. The normalized spacial score (nSPS) is 14.4. The number of aromatic nitrogens is 1. The maximum atomic E-state index is 13.5. The fourth-order valence-electron chi connectivity index (χ4n) is 3.88. The van der Waals surface area contributed by atoms with Crippen LogP contribution in [-0.4, -0.2) is 17.5 Å². The lowest BCUT2D eigenvalue weighted by molar-refractivity contribution is -0.121. The van der Waals surface area contributed by atoms with Crippen molar-refractivity contribution in [2.45, 2.75) is 26.3 Å². The van der Waals surface area contributed by atoms with Crippen molar-refractivity contribution in [2.24, 2.45) is 0 Å². The summed E-state index contributed by atoms with van der Waals surface area (Å²) >= 11 is 7.08. The van der Waals surface area contributed by atoms with Crippen LogP contribution in [-0.2, 0) is 10.3 Å². The molecule has 0 fully saturated rings. The number of anilines is 1. The molecule has 1 aliphatic rings. The molecule has 1 amide bonds. The van der Waals surface area contributed by atoms with Gasteiger partial charge < -0.3 is 4.74 Å². The molecule has 4 nitrogen and oxygen atoms in total. The third-order valence-corrected chi connectivity index (χ3v) is 9.53. The summed E-state index contributed by atoms with van der Waals surface area (Å²) in [5.74, 6) is -0.0962. The van der Waals surface area contributed by atoms with Gasteiger partial charge in [0.15, 0.2) is 6.61 Å². The minimum absolute atomic E-state index is 0.0680. The number of carbonyl (C=O) groups is 1. The number of ether oxygens (including phenoxy) is 1. The third-order valence-electron chi connectivity index (χ3n) is 5.25. The van der Waals surface area contributed by atoms with Crippen LogP contribution in [0.4, 0.5) is 5.69 Å². The molecule has 0 saturated carbocycles. The highest BCUT2D eigenvalue weighted by Crippen LogP contribution is 2.52. The van der Waals surface area contributed by atoms with Crippen LogP contribution >= 0.6 is 44.2 Å². The van der Waals surface area contributed by atoms with E-state index in [9.17, 15) is 4.79 Å². The maximum Gasteiger partial charge on any atom is 0.274 e. The highest BCUT2D eigenvalue weighted by molar-refractivity contribution is 7.80. The molecule has 4 aromatic rings. The van der Waals surface area contributed by atoms with E-state index in [2.05, 4.69) is 37.0 Å². The number of hydrogen-bond acceptors (Lipinski definition) is 7. The van der Waals surface area contributed by atoms with Crippen LogP contribution in [0, 0.1) is 10.7 Å². The summed E-state index contributed by atoms with van der Waals surface area (Å²) in [6.07, 6.45) is 0. The smallest absolute Gasteiger partial charge is 0.274 e. The molecular formula is C22H18N2O2S4. The van der Waals surface area contributed by atoms with E-state index in [-0.39, 0.29) is 12.5 Å². The molecule has 3 heterocycles. The van der Waals surface area contributed by atoms with Crippen LogP contribution in [0.3, 0.4) is 0 Å². The van der Waals surface area contributed by atoms with Gasteiger partial charge >= 0.3 is 0 Å². The predicted molar refractivity (Wildman–Crippen MR) is 129 cm³/mol. The molecule has 8 heteroatoms. The van der Waals surface area contributed by atoms with Gasteiger partial charge in [0.2, 0.25) is 0 Å². The summed E-state index contributed by atoms with van der Waals surface area (Å²) < 4.78 is 7.76. The molecule has 0 aliphatic carbocycles. The Hall–Kier alpha value is -2.13. The Morgan fingerprint density at radius 1 is 1.20 bits per heavy atom. The van der Waals surface area contributed by atoms with Crippen molar-refractivity contribution < 1.29 is 9.53 Å². The van der Waals surface area contributed by atoms with E-state index in [0.29, 0.717) is 5.19 Å². The highest BCUT2D eigenvalue weighted by atomic mass is 32.9. The number of fused-ring (bicyclic) bond motifs is 4. The fraction of sp³-hybridized carbons (Fsp3) is 0.227. The first kappa shape index (κ1) is 19.8. The second-order valence-electron chi connectivity index (χ2n) is 7.70. The van der Waals surface area contributed by atoms with Gasteiger partial charge in [0.25, 0.3) is 11.1 Å². The van der Waals surface area contributed by atoms with E-state index in [1.165, 1.54) is 11.3 Å². The van der Waals surface area contributed by atoms with Gasteiger partial charge in [-0.25, -0.2) is 4.98 Å². The molecule has 30 heavy (non-hydrogen) atoms. The average Bonchev–Trinajstić information content (AvgIpc) is 3.30. The summed E-state index contributed by atoms with van der Waals surface area (Å²) in [4.78, 5) is 20.9. The minimum atomic E-state index is -0.512. The molecule has 2 aromatic heterocycles. The molecule has 5 rings (SSSR count).